The maximum absolute atomic E-state index is 5.51. The van der Waals surface area contributed by atoms with Gasteiger partial charge in [0.05, 0.1) is 14.2 Å². The van der Waals surface area contributed by atoms with Gasteiger partial charge in [-0.15, -0.1) is 0 Å². The fourth-order valence-corrected chi connectivity index (χ4v) is 3.42. The Kier molecular flexibility index (Phi) is 5.07. The lowest BCUT2D eigenvalue weighted by molar-refractivity contribution is 0.354. The van der Waals surface area contributed by atoms with Gasteiger partial charge in [0.2, 0.25) is 0 Å². The van der Waals surface area contributed by atoms with Crippen LogP contribution >= 0.6 is 0 Å². The molecule has 6 nitrogen and oxygen atoms in total. The number of benzene rings is 2. The molecule has 0 aliphatic carbocycles. The van der Waals surface area contributed by atoms with Crippen molar-refractivity contribution in [1.29, 1.82) is 0 Å². The van der Waals surface area contributed by atoms with E-state index in [0.717, 1.165) is 37.1 Å². The number of aromatic nitrogens is 2. The van der Waals surface area contributed by atoms with Gasteiger partial charge in [-0.3, -0.25) is 0 Å². The smallest absolute Gasteiger partial charge is 0.257 e. The van der Waals surface area contributed by atoms with E-state index in [-0.39, 0.29) is 0 Å². The third-order valence-corrected chi connectivity index (χ3v) is 4.87. The van der Waals surface area contributed by atoms with Gasteiger partial charge in [-0.2, -0.15) is 4.98 Å². The molecule has 1 aliphatic heterocycles. The topological polar surface area (TPSA) is 69.4 Å². The second-order valence-electron chi connectivity index (χ2n) is 6.62. The van der Waals surface area contributed by atoms with E-state index >= 15 is 0 Å². The summed E-state index contributed by atoms with van der Waals surface area (Å²) in [5.41, 5.74) is 4.76. The summed E-state index contributed by atoms with van der Waals surface area (Å²) in [7, 11) is 3.25. The van der Waals surface area contributed by atoms with Gasteiger partial charge in [0.15, 0.2) is 17.3 Å². The average Bonchev–Trinajstić information content (AvgIpc) is 3.03. The molecule has 0 fully saturated rings. The van der Waals surface area contributed by atoms with Crippen LogP contribution in [-0.4, -0.2) is 37.4 Å². The van der Waals surface area contributed by atoms with E-state index in [0.29, 0.717) is 29.6 Å². The molecular formula is C21H23N3O3. The van der Waals surface area contributed by atoms with Crippen molar-refractivity contribution in [3.63, 3.8) is 0 Å². The zero-order chi connectivity index (χ0) is 18.6. The number of hydrogen-bond acceptors (Lipinski definition) is 6. The summed E-state index contributed by atoms with van der Waals surface area (Å²) in [5.74, 6) is 2.60. The number of nitrogens with one attached hydrogen (secondary N) is 1. The Morgan fingerprint density at radius 1 is 0.963 bits per heavy atom. The molecular weight excluding hydrogens is 342 g/mol. The average molecular weight is 365 g/mol. The lowest BCUT2D eigenvalue weighted by Gasteiger charge is -2.08. The van der Waals surface area contributed by atoms with Gasteiger partial charge < -0.3 is 19.3 Å². The van der Waals surface area contributed by atoms with Crippen LogP contribution in [-0.2, 0) is 19.3 Å². The molecule has 4 rings (SSSR count). The Hall–Kier alpha value is -2.86. The van der Waals surface area contributed by atoms with Crippen LogP contribution < -0.4 is 14.8 Å². The van der Waals surface area contributed by atoms with Crippen LogP contribution in [0.1, 0.15) is 22.5 Å². The molecule has 27 heavy (non-hydrogen) atoms. The molecule has 0 unspecified atom stereocenters. The van der Waals surface area contributed by atoms with E-state index in [9.17, 15) is 0 Å². The third-order valence-electron chi connectivity index (χ3n) is 4.87. The highest BCUT2D eigenvalue weighted by atomic mass is 16.5. The molecule has 0 spiro atoms. The summed E-state index contributed by atoms with van der Waals surface area (Å²) in [6, 6.07) is 12.2. The molecule has 140 valence electrons. The largest absolute Gasteiger partial charge is 0.493 e. The summed E-state index contributed by atoms with van der Waals surface area (Å²) in [4.78, 5) is 4.58. The van der Waals surface area contributed by atoms with E-state index in [2.05, 4.69) is 33.7 Å². The van der Waals surface area contributed by atoms with Crippen LogP contribution in [0.15, 0.2) is 40.9 Å². The van der Waals surface area contributed by atoms with Crippen molar-refractivity contribution in [1.82, 2.24) is 15.5 Å². The number of ether oxygens (including phenoxy) is 2. The van der Waals surface area contributed by atoms with Crippen LogP contribution in [0.4, 0.5) is 0 Å². The second-order valence-corrected chi connectivity index (χ2v) is 6.62. The van der Waals surface area contributed by atoms with Gasteiger partial charge >= 0.3 is 0 Å². The zero-order valence-corrected chi connectivity index (χ0v) is 15.6. The second kappa shape index (κ2) is 7.80. The number of nitrogens with zero attached hydrogens (tertiary/aromatic N) is 2. The molecule has 0 amide bonds. The molecule has 0 radical (unpaired) electrons. The van der Waals surface area contributed by atoms with Gasteiger partial charge in [0.25, 0.3) is 5.89 Å². The third kappa shape index (κ3) is 3.80. The predicted molar refractivity (Wildman–Crippen MR) is 102 cm³/mol. The highest BCUT2D eigenvalue weighted by molar-refractivity contribution is 5.56. The fourth-order valence-electron chi connectivity index (χ4n) is 3.42. The highest BCUT2D eigenvalue weighted by Gasteiger charge is 2.14. The van der Waals surface area contributed by atoms with E-state index in [4.69, 9.17) is 14.0 Å². The lowest BCUT2D eigenvalue weighted by Crippen LogP contribution is -2.16. The first-order valence-electron chi connectivity index (χ1n) is 9.13. The lowest BCUT2D eigenvalue weighted by atomic mass is 10.00. The summed E-state index contributed by atoms with van der Waals surface area (Å²) in [6.45, 7) is 2.03. The highest BCUT2D eigenvalue weighted by Crippen LogP contribution is 2.29. The summed E-state index contributed by atoms with van der Waals surface area (Å²) in [5, 5.41) is 7.58. The Balaban J connectivity index is 1.54. The Morgan fingerprint density at radius 2 is 1.78 bits per heavy atom. The number of fused-ring (bicyclic) bond motifs is 1. The van der Waals surface area contributed by atoms with Crippen molar-refractivity contribution in [2.24, 2.45) is 0 Å². The molecule has 0 saturated heterocycles. The number of hydrogen-bond donors (Lipinski definition) is 1. The van der Waals surface area contributed by atoms with Crippen LogP contribution in [0.5, 0.6) is 11.5 Å². The maximum Gasteiger partial charge on any atom is 0.257 e. The van der Waals surface area contributed by atoms with Crippen molar-refractivity contribution < 1.29 is 14.0 Å². The van der Waals surface area contributed by atoms with Gasteiger partial charge in [-0.1, -0.05) is 17.3 Å². The molecule has 1 aliphatic rings. The normalized spacial score (nSPS) is 13.7. The minimum Gasteiger partial charge on any atom is -0.493 e. The SMILES string of the molecule is COc1ccc(Cc2noc(-c3ccc4c(c3)CCNCC4)n2)cc1OC. The van der Waals surface area contributed by atoms with Crippen LogP contribution in [0.3, 0.4) is 0 Å². The Labute approximate surface area is 158 Å². The van der Waals surface area contributed by atoms with Crippen molar-refractivity contribution >= 4 is 0 Å². The van der Waals surface area contributed by atoms with Crippen LogP contribution in [0, 0.1) is 0 Å². The number of rotatable bonds is 5. The fraction of sp³-hybridized carbons (Fsp3) is 0.333. The maximum atomic E-state index is 5.51. The first-order chi connectivity index (χ1) is 13.3. The van der Waals surface area contributed by atoms with E-state index in [1.54, 1.807) is 14.2 Å². The summed E-state index contributed by atoms with van der Waals surface area (Å²) < 4.78 is 16.2. The van der Waals surface area contributed by atoms with Crippen LogP contribution in [0.25, 0.3) is 11.5 Å². The molecule has 0 saturated carbocycles. The van der Waals surface area contributed by atoms with E-state index in [1.807, 2.05) is 18.2 Å². The van der Waals surface area contributed by atoms with Gasteiger partial charge in [-0.25, -0.2) is 0 Å². The Bertz CT molecular complexity index is 936. The molecule has 2 heterocycles. The molecule has 6 heteroatoms. The van der Waals surface area contributed by atoms with Gasteiger partial charge in [-0.05, 0) is 66.9 Å². The van der Waals surface area contributed by atoms with Gasteiger partial charge in [0, 0.05) is 12.0 Å². The molecule has 3 aromatic rings. The Morgan fingerprint density at radius 3 is 2.59 bits per heavy atom. The van der Waals surface area contributed by atoms with Crippen molar-refractivity contribution in [3.05, 3.63) is 58.9 Å². The summed E-state index contributed by atoms with van der Waals surface area (Å²) >= 11 is 0. The van der Waals surface area contributed by atoms with E-state index in [1.165, 1.54) is 11.1 Å². The molecule has 0 atom stereocenters. The monoisotopic (exact) mass is 365 g/mol. The summed E-state index contributed by atoms with van der Waals surface area (Å²) in [6.07, 6.45) is 2.65. The molecule has 0 bridgehead atoms. The first kappa shape index (κ1) is 17.5. The van der Waals surface area contributed by atoms with Crippen molar-refractivity contribution in [3.8, 4) is 23.0 Å². The predicted octanol–water partition coefficient (Wildman–Crippen LogP) is 3.03. The standard InChI is InChI=1S/C21H23N3O3/c1-25-18-6-3-14(11-19(18)26-2)12-20-23-21(27-24-20)17-5-4-15-7-9-22-10-8-16(15)13-17/h3-6,11,13,22H,7-10,12H2,1-2H3. The van der Waals surface area contributed by atoms with E-state index < -0.39 is 0 Å². The van der Waals surface area contributed by atoms with Crippen molar-refractivity contribution in [2.75, 3.05) is 27.3 Å². The minimum absolute atomic E-state index is 0.561. The van der Waals surface area contributed by atoms with Crippen molar-refractivity contribution in [2.45, 2.75) is 19.3 Å². The molecule has 2 aromatic carbocycles. The zero-order valence-electron chi connectivity index (χ0n) is 15.6. The molecule has 1 N–H and O–H groups in total. The first-order valence-corrected chi connectivity index (χ1v) is 9.13. The van der Waals surface area contributed by atoms with Gasteiger partial charge in [0.1, 0.15) is 0 Å². The quantitative estimate of drug-likeness (QED) is 0.749. The molecule has 1 aromatic heterocycles. The van der Waals surface area contributed by atoms with Crippen LogP contribution in [0.2, 0.25) is 0 Å². The number of methoxy groups -OCH3 is 2. The minimum atomic E-state index is 0.561.